The van der Waals surface area contributed by atoms with Crippen LogP contribution in [0, 0.1) is 17.3 Å². The van der Waals surface area contributed by atoms with Crippen LogP contribution >= 0.6 is 0 Å². The average Bonchev–Trinajstić information content (AvgIpc) is 3.24. The molecule has 2 N–H and O–H groups in total. The van der Waals surface area contributed by atoms with Crippen molar-refractivity contribution in [1.29, 1.82) is 0 Å². The van der Waals surface area contributed by atoms with Crippen molar-refractivity contribution in [3.63, 3.8) is 0 Å². The van der Waals surface area contributed by atoms with Gasteiger partial charge in [0, 0.05) is 42.4 Å². The van der Waals surface area contributed by atoms with Gasteiger partial charge in [-0.1, -0.05) is 13.0 Å². The Hall–Kier alpha value is -2.32. The van der Waals surface area contributed by atoms with E-state index in [1.54, 1.807) is 12.1 Å². The fourth-order valence-electron chi connectivity index (χ4n) is 6.97. The van der Waals surface area contributed by atoms with Crippen LogP contribution in [0.5, 0.6) is 0 Å². The first kappa shape index (κ1) is 27.3. The van der Waals surface area contributed by atoms with Crippen molar-refractivity contribution in [2.45, 2.75) is 71.0 Å². The number of rotatable bonds is 6. The van der Waals surface area contributed by atoms with Crippen LogP contribution in [0.1, 0.15) is 69.2 Å². The van der Waals surface area contributed by atoms with Crippen LogP contribution in [-0.2, 0) is 22.1 Å². The number of amides is 1. The molecule has 1 amide bonds. The van der Waals surface area contributed by atoms with Gasteiger partial charge in [0.05, 0.1) is 5.56 Å². The summed E-state index contributed by atoms with van der Waals surface area (Å²) in [6.45, 7) is 10.5. The van der Waals surface area contributed by atoms with Crippen LogP contribution in [0.4, 0.5) is 13.2 Å². The summed E-state index contributed by atoms with van der Waals surface area (Å²) in [6.07, 6.45) is 4.27. The number of fused-ring (bicyclic) bond motifs is 4. The van der Waals surface area contributed by atoms with Crippen molar-refractivity contribution in [1.82, 2.24) is 15.2 Å². The average molecular weight is 532 g/mol. The van der Waals surface area contributed by atoms with E-state index in [0.717, 1.165) is 73.9 Å². The molecule has 5 rings (SSSR count). The van der Waals surface area contributed by atoms with Crippen LogP contribution in [-0.4, -0.2) is 54.7 Å². The second kappa shape index (κ2) is 10.7. The summed E-state index contributed by atoms with van der Waals surface area (Å²) in [5.41, 5.74) is 2.38. The fourth-order valence-corrected chi connectivity index (χ4v) is 6.97. The number of piperidine rings is 1. The molecule has 1 aliphatic carbocycles. The van der Waals surface area contributed by atoms with Crippen molar-refractivity contribution >= 4 is 16.8 Å². The van der Waals surface area contributed by atoms with E-state index >= 15 is 0 Å². The second-order valence-electron chi connectivity index (χ2n) is 12.0. The van der Waals surface area contributed by atoms with Crippen molar-refractivity contribution in [2.75, 3.05) is 32.8 Å². The van der Waals surface area contributed by atoms with Crippen LogP contribution < -0.4 is 5.32 Å². The van der Waals surface area contributed by atoms with Crippen LogP contribution in [0.2, 0.25) is 0 Å². The minimum Gasteiger partial charge on any atom is -0.381 e. The quantitative estimate of drug-likeness (QED) is 0.446. The molecule has 2 saturated heterocycles. The number of H-pyrrole nitrogens is 1. The Kier molecular flexibility index (Phi) is 7.66. The molecule has 38 heavy (non-hydrogen) atoms. The lowest BCUT2D eigenvalue weighted by Gasteiger charge is -2.45. The largest absolute Gasteiger partial charge is 0.416 e. The SMILES string of the molecule is CC(C)NC(=O)C=CC1(CCN2CC[C@@H]3Cc4[nH]c5ccc(C(F)(F)F)cc5c4[C@H](C)[C@H]3C2)CCOCC1. The van der Waals surface area contributed by atoms with Gasteiger partial charge >= 0.3 is 6.18 Å². The predicted octanol–water partition coefficient (Wildman–Crippen LogP) is 6.05. The Balaban J connectivity index is 1.29. The highest BCUT2D eigenvalue weighted by molar-refractivity contribution is 5.88. The molecule has 0 spiro atoms. The number of nitrogens with zero attached hydrogens (tertiary/aromatic N) is 1. The number of hydrogen-bond acceptors (Lipinski definition) is 3. The maximum atomic E-state index is 13.4. The van der Waals surface area contributed by atoms with Gasteiger partial charge in [0.1, 0.15) is 0 Å². The lowest BCUT2D eigenvalue weighted by molar-refractivity contribution is -0.137. The van der Waals surface area contributed by atoms with Crippen LogP contribution in [0.15, 0.2) is 30.4 Å². The minimum atomic E-state index is -4.34. The topological polar surface area (TPSA) is 57.4 Å². The van der Waals surface area contributed by atoms with Crippen molar-refractivity contribution in [3.8, 4) is 0 Å². The van der Waals surface area contributed by atoms with E-state index in [-0.39, 0.29) is 23.3 Å². The number of carbonyl (C=O) groups excluding carboxylic acids is 1. The molecule has 2 aromatic rings. The molecule has 3 aliphatic rings. The summed E-state index contributed by atoms with van der Waals surface area (Å²) < 4.78 is 46.0. The minimum absolute atomic E-state index is 0.0421. The summed E-state index contributed by atoms with van der Waals surface area (Å²) in [5, 5.41) is 3.66. The lowest BCUT2D eigenvalue weighted by Crippen LogP contribution is -2.46. The number of alkyl halides is 3. The Morgan fingerprint density at radius 1 is 1.29 bits per heavy atom. The molecule has 208 valence electrons. The van der Waals surface area contributed by atoms with Gasteiger partial charge in [0.2, 0.25) is 5.91 Å². The zero-order valence-electron chi connectivity index (χ0n) is 22.7. The number of aromatic amines is 1. The molecule has 1 aromatic heterocycles. The zero-order chi connectivity index (χ0) is 27.1. The third-order valence-corrected chi connectivity index (χ3v) is 9.14. The highest BCUT2D eigenvalue weighted by Gasteiger charge is 2.41. The molecule has 0 radical (unpaired) electrons. The fraction of sp³-hybridized carbons (Fsp3) is 0.633. The van der Waals surface area contributed by atoms with Gasteiger partial charge in [0.15, 0.2) is 0 Å². The maximum absolute atomic E-state index is 13.4. The van der Waals surface area contributed by atoms with Crippen molar-refractivity contribution < 1.29 is 22.7 Å². The molecule has 5 nitrogen and oxygen atoms in total. The molecule has 1 aromatic carbocycles. The van der Waals surface area contributed by atoms with Gasteiger partial charge in [-0.15, -0.1) is 0 Å². The normalized spacial score (nSPS) is 26.0. The third-order valence-electron chi connectivity index (χ3n) is 9.14. The van der Waals surface area contributed by atoms with E-state index < -0.39 is 11.7 Å². The van der Waals surface area contributed by atoms with Crippen LogP contribution in [0.25, 0.3) is 10.9 Å². The highest BCUT2D eigenvalue weighted by Crippen LogP contribution is 2.47. The van der Waals surface area contributed by atoms with E-state index in [4.69, 9.17) is 4.74 Å². The molecular weight excluding hydrogens is 491 g/mol. The number of nitrogens with one attached hydrogen (secondary N) is 2. The standard InChI is InChI=1S/C30H40F3N3O2/c1-19(2)34-27(37)6-8-29(10-14-38-15-11-29)9-13-36-12-7-21-16-26-28(20(3)24(21)18-36)23-17-22(30(31,32)33)4-5-25(23)35-26/h4-6,8,17,19-21,24,35H,7,9-16,18H2,1-3H3,(H,34,37)/t20-,21-,24-/m1/s1. The number of likely N-dealkylation sites (tertiary alicyclic amines) is 1. The van der Waals surface area contributed by atoms with E-state index in [2.05, 4.69) is 28.2 Å². The molecule has 0 unspecified atom stereocenters. The first-order chi connectivity index (χ1) is 18.0. The monoisotopic (exact) mass is 531 g/mol. The number of ether oxygens (including phenoxy) is 1. The second-order valence-corrected chi connectivity index (χ2v) is 12.0. The smallest absolute Gasteiger partial charge is 0.381 e. The molecule has 8 heteroatoms. The molecule has 0 bridgehead atoms. The van der Waals surface area contributed by atoms with E-state index in [9.17, 15) is 18.0 Å². The number of hydrogen-bond donors (Lipinski definition) is 2. The Labute approximate surface area is 223 Å². The van der Waals surface area contributed by atoms with E-state index in [1.807, 2.05) is 13.8 Å². The van der Waals surface area contributed by atoms with Crippen molar-refractivity contribution in [3.05, 3.63) is 47.2 Å². The Morgan fingerprint density at radius 3 is 2.76 bits per heavy atom. The Morgan fingerprint density at radius 2 is 2.05 bits per heavy atom. The first-order valence-electron chi connectivity index (χ1n) is 14.1. The highest BCUT2D eigenvalue weighted by atomic mass is 19.4. The molecule has 2 fully saturated rings. The summed E-state index contributed by atoms with van der Waals surface area (Å²) in [6, 6.07) is 4.20. The number of halogens is 3. The predicted molar refractivity (Wildman–Crippen MR) is 143 cm³/mol. The van der Waals surface area contributed by atoms with Gasteiger partial charge in [0.25, 0.3) is 0 Å². The van der Waals surface area contributed by atoms with Gasteiger partial charge in [-0.3, -0.25) is 4.79 Å². The van der Waals surface area contributed by atoms with Gasteiger partial charge in [-0.2, -0.15) is 13.2 Å². The Bertz CT molecular complexity index is 1180. The first-order valence-corrected chi connectivity index (χ1v) is 14.1. The summed E-state index contributed by atoms with van der Waals surface area (Å²) in [7, 11) is 0. The molecule has 0 saturated carbocycles. The zero-order valence-corrected chi connectivity index (χ0v) is 22.7. The molecule has 3 atom stereocenters. The number of carbonyl (C=O) groups is 1. The lowest BCUT2D eigenvalue weighted by atomic mass is 9.68. The van der Waals surface area contributed by atoms with E-state index in [0.29, 0.717) is 25.0 Å². The van der Waals surface area contributed by atoms with Crippen molar-refractivity contribution in [2.24, 2.45) is 17.3 Å². The maximum Gasteiger partial charge on any atom is 0.416 e. The summed E-state index contributed by atoms with van der Waals surface area (Å²) in [5.74, 6) is 1.11. The number of allylic oxidation sites excluding steroid dienone is 1. The van der Waals surface area contributed by atoms with Crippen LogP contribution in [0.3, 0.4) is 0 Å². The molecule has 2 aliphatic heterocycles. The van der Waals surface area contributed by atoms with Gasteiger partial charge in [-0.25, -0.2) is 0 Å². The van der Waals surface area contributed by atoms with Gasteiger partial charge in [-0.05, 0) is 112 Å². The summed E-state index contributed by atoms with van der Waals surface area (Å²) in [4.78, 5) is 18.3. The third kappa shape index (κ3) is 5.67. The number of aromatic nitrogens is 1. The van der Waals surface area contributed by atoms with E-state index in [1.165, 1.54) is 12.1 Å². The molecule has 3 heterocycles. The molecular formula is C30H40F3N3O2. The number of benzene rings is 1. The summed E-state index contributed by atoms with van der Waals surface area (Å²) >= 11 is 0. The van der Waals surface area contributed by atoms with Gasteiger partial charge < -0.3 is 19.9 Å².